The molecule has 0 atom stereocenters. The Kier molecular flexibility index (Phi) is 4.27. The SMILES string of the molecule is COc1cc(NCc2cn(C)nc2C(C)C)ccc1F. The van der Waals surface area contributed by atoms with Gasteiger partial charge in [0.15, 0.2) is 11.6 Å². The van der Waals surface area contributed by atoms with E-state index in [2.05, 4.69) is 24.3 Å². The summed E-state index contributed by atoms with van der Waals surface area (Å²) in [7, 11) is 3.37. The van der Waals surface area contributed by atoms with E-state index < -0.39 is 0 Å². The van der Waals surface area contributed by atoms with Crippen LogP contribution in [0.3, 0.4) is 0 Å². The van der Waals surface area contributed by atoms with E-state index in [-0.39, 0.29) is 11.6 Å². The van der Waals surface area contributed by atoms with Crippen LogP contribution in [0.4, 0.5) is 10.1 Å². The normalized spacial score (nSPS) is 10.9. The summed E-state index contributed by atoms with van der Waals surface area (Å²) in [6, 6.07) is 4.75. The van der Waals surface area contributed by atoms with Crippen LogP contribution in [0.15, 0.2) is 24.4 Å². The summed E-state index contributed by atoms with van der Waals surface area (Å²) in [5.74, 6) is 0.253. The lowest BCUT2D eigenvalue weighted by Gasteiger charge is -2.10. The van der Waals surface area contributed by atoms with Gasteiger partial charge in [-0.2, -0.15) is 5.10 Å². The summed E-state index contributed by atoms with van der Waals surface area (Å²) in [6.07, 6.45) is 2.00. The van der Waals surface area contributed by atoms with Crippen LogP contribution in [0, 0.1) is 5.82 Å². The van der Waals surface area contributed by atoms with Gasteiger partial charge in [-0.25, -0.2) is 4.39 Å². The Morgan fingerprint density at radius 3 is 2.80 bits per heavy atom. The number of halogens is 1. The van der Waals surface area contributed by atoms with Crippen molar-refractivity contribution in [3.63, 3.8) is 0 Å². The number of hydrogen-bond acceptors (Lipinski definition) is 3. The lowest BCUT2D eigenvalue weighted by molar-refractivity contribution is 0.387. The molecule has 0 aliphatic heterocycles. The predicted molar refractivity (Wildman–Crippen MR) is 77.6 cm³/mol. The van der Waals surface area contributed by atoms with Crippen LogP contribution in [0.25, 0.3) is 0 Å². The lowest BCUT2D eigenvalue weighted by atomic mass is 10.1. The fourth-order valence-electron chi connectivity index (χ4n) is 2.14. The molecule has 2 rings (SSSR count). The Morgan fingerprint density at radius 1 is 1.40 bits per heavy atom. The first-order valence-electron chi connectivity index (χ1n) is 6.61. The first kappa shape index (κ1) is 14.4. The minimum atomic E-state index is -0.359. The van der Waals surface area contributed by atoms with Crippen molar-refractivity contribution in [1.29, 1.82) is 0 Å². The van der Waals surface area contributed by atoms with E-state index in [1.54, 1.807) is 12.1 Å². The first-order valence-corrected chi connectivity index (χ1v) is 6.61. The standard InChI is InChI=1S/C15H20FN3O/c1-10(2)15-11(9-19(3)18-15)8-17-12-5-6-13(16)14(7-12)20-4/h5-7,9-10,17H,8H2,1-4H3. The third-order valence-electron chi connectivity index (χ3n) is 3.12. The van der Waals surface area contributed by atoms with Gasteiger partial charge in [-0.15, -0.1) is 0 Å². The highest BCUT2D eigenvalue weighted by molar-refractivity contribution is 5.49. The quantitative estimate of drug-likeness (QED) is 0.911. The molecule has 1 N–H and O–H groups in total. The van der Waals surface area contributed by atoms with E-state index in [1.165, 1.54) is 13.2 Å². The summed E-state index contributed by atoms with van der Waals surface area (Å²) in [5, 5.41) is 7.73. The summed E-state index contributed by atoms with van der Waals surface area (Å²) in [5.41, 5.74) is 3.04. The molecule has 1 aromatic heterocycles. The van der Waals surface area contributed by atoms with Crippen LogP contribution in [0.2, 0.25) is 0 Å². The largest absolute Gasteiger partial charge is 0.494 e. The molecule has 0 spiro atoms. The average molecular weight is 277 g/mol. The molecule has 0 bridgehead atoms. The van der Waals surface area contributed by atoms with Crippen molar-refractivity contribution in [2.75, 3.05) is 12.4 Å². The smallest absolute Gasteiger partial charge is 0.165 e. The van der Waals surface area contributed by atoms with Crippen LogP contribution < -0.4 is 10.1 Å². The van der Waals surface area contributed by atoms with E-state index in [9.17, 15) is 4.39 Å². The van der Waals surface area contributed by atoms with Crippen molar-refractivity contribution in [2.24, 2.45) is 7.05 Å². The molecule has 0 saturated carbocycles. The zero-order valence-electron chi connectivity index (χ0n) is 12.3. The summed E-state index contributed by atoms with van der Waals surface area (Å²) < 4.78 is 20.1. The number of aromatic nitrogens is 2. The number of rotatable bonds is 5. The van der Waals surface area contributed by atoms with Gasteiger partial charge < -0.3 is 10.1 Å². The second-order valence-electron chi connectivity index (χ2n) is 5.07. The molecule has 0 radical (unpaired) electrons. The number of ether oxygens (including phenoxy) is 1. The maximum absolute atomic E-state index is 13.3. The molecule has 0 aliphatic rings. The topological polar surface area (TPSA) is 39.1 Å². The Morgan fingerprint density at radius 2 is 2.15 bits per heavy atom. The van der Waals surface area contributed by atoms with E-state index in [0.717, 1.165) is 16.9 Å². The minimum Gasteiger partial charge on any atom is -0.494 e. The summed E-state index contributed by atoms with van der Waals surface area (Å²) in [4.78, 5) is 0. The number of hydrogen-bond donors (Lipinski definition) is 1. The fourth-order valence-corrected chi connectivity index (χ4v) is 2.14. The monoisotopic (exact) mass is 277 g/mol. The van der Waals surface area contributed by atoms with Crippen LogP contribution >= 0.6 is 0 Å². The Labute approximate surface area is 118 Å². The number of aryl methyl sites for hydroxylation is 1. The summed E-state index contributed by atoms with van der Waals surface area (Å²) in [6.45, 7) is 4.88. The fraction of sp³-hybridized carbons (Fsp3) is 0.400. The molecule has 0 amide bonds. The second-order valence-corrected chi connectivity index (χ2v) is 5.07. The Hall–Kier alpha value is -2.04. The second kappa shape index (κ2) is 5.94. The summed E-state index contributed by atoms with van der Waals surface area (Å²) >= 11 is 0. The maximum Gasteiger partial charge on any atom is 0.165 e. The highest BCUT2D eigenvalue weighted by Crippen LogP contribution is 2.23. The third kappa shape index (κ3) is 3.10. The van der Waals surface area contributed by atoms with Gasteiger partial charge in [-0.05, 0) is 18.1 Å². The molecule has 108 valence electrons. The molecule has 20 heavy (non-hydrogen) atoms. The van der Waals surface area contributed by atoms with Gasteiger partial charge in [0.05, 0.1) is 12.8 Å². The predicted octanol–water partition coefficient (Wildman–Crippen LogP) is 3.30. The number of benzene rings is 1. The highest BCUT2D eigenvalue weighted by atomic mass is 19.1. The maximum atomic E-state index is 13.3. The molecule has 4 nitrogen and oxygen atoms in total. The van der Waals surface area contributed by atoms with Gasteiger partial charge in [-0.3, -0.25) is 4.68 Å². The van der Waals surface area contributed by atoms with Gasteiger partial charge in [0, 0.05) is 37.1 Å². The third-order valence-corrected chi connectivity index (χ3v) is 3.12. The van der Waals surface area contributed by atoms with Crippen molar-refractivity contribution in [3.8, 4) is 5.75 Å². The molecule has 0 aliphatic carbocycles. The zero-order chi connectivity index (χ0) is 14.7. The lowest BCUT2D eigenvalue weighted by Crippen LogP contribution is -2.03. The van der Waals surface area contributed by atoms with Crippen LogP contribution in [-0.2, 0) is 13.6 Å². The Balaban J connectivity index is 2.12. The molecular formula is C15H20FN3O. The van der Waals surface area contributed by atoms with E-state index in [0.29, 0.717) is 12.5 Å². The molecule has 0 saturated heterocycles. The van der Waals surface area contributed by atoms with Crippen molar-refractivity contribution < 1.29 is 9.13 Å². The van der Waals surface area contributed by atoms with E-state index in [1.807, 2.05) is 17.9 Å². The first-order chi connectivity index (χ1) is 9.51. The molecule has 0 fully saturated rings. The Bertz CT molecular complexity index is 593. The van der Waals surface area contributed by atoms with Crippen molar-refractivity contribution in [3.05, 3.63) is 41.5 Å². The number of anilines is 1. The molecule has 2 aromatic rings. The molecular weight excluding hydrogens is 257 g/mol. The highest BCUT2D eigenvalue weighted by Gasteiger charge is 2.11. The van der Waals surface area contributed by atoms with Crippen LogP contribution in [0.5, 0.6) is 5.75 Å². The molecule has 1 aromatic carbocycles. The van der Waals surface area contributed by atoms with Gasteiger partial charge in [0.1, 0.15) is 0 Å². The van der Waals surface area contributed by atoms with Gasteiger partial charge in [-0.1, -0.05) is 13.8 Å². The zero-order valence-corrected chi connectivity index (χ0v) is 12.3. The van der Waals surface area contributed by atoms with Gasteiger partial charge >= 0.3 is 0 Å². The van der Waals surface area contributed by atoms with E-state index in [4.69, 9.17) is 4.74 Å². The van der Waals surface area contributed by atoms with Crippen molar-refractivity contribution in [1.82, 2.24) is 9.78 Å². The van der Waals surface area contributed by atoms with Crippen molar-refractivity contribution in [2.45, 2.75) is 26.3 Å². The molecule has 1 heterocycles. The van der Waals surface area contributed by atoms with Crippen LogP contribution in [-0.4, -0.2) is 16.9 Å². The van der Waals surface area contributed by atoms with E-state index >= 15 is 0 Å². The average Bonchev–Trinajstić information content (AvgIpc) is 2.79. The number of nitrogens with one attached hydrogen (secondary N) is 1. The molecule has 5 heteroatoms. The van der Waals surface area contributed by atoms with Gasteiger partial charge in [0.25, 0.3) is 0 Å². The molecule has 0 unspecified atom stereocenters. The number of methoxy groups -OCH3 is 1. The van der Waals surface area contributed by atoms with Gasteiger partial charge in [0.2, 0.25) is 0 Å². The minimum absolute atomic E-state index is 0.241. The van der Waals surface area contributed by atoms with Crippen LogP contribution in [0.1, 0.15) is 31.0 Å². The number of nitrogens with zero attached hydrogens (tertiary/aromatic N) is 2. The van der Waals surface area contributed by atoms with Crippen molar-refractivity contribution >= 4 is 5.69 Å².